The van der Waals surface area contributed by atoms with E-state index in [9.17, 15) is 4.79 Å². The van der Waals surface area contributed by atoms with Gasteiger partial charge < -0.3 is 14.1 Å². The third-order valence-corrected chi connectivity index (χ3v) is 5.18. The van der Waals surface area contributed by atoms with Crippen molar-refractivity contribution in [2.24, 2.45) is 0 Å². The van der Waals surface area contributed by atoms with Gasteiger partial charge >= 0.3 is 6.03 Å². The van der Waals surface area contributed by atoms with Crippen LogP contribution in [-0.4, -0.2) is 34.2 Å². The van der Waals surface area contributed by atoms with E-state index >= 15 is 0 Å². The van der Waals surface area contributed by atoms with E-state index in [4.69, 9.17) is 9.15 Å². The Kier molecular flexibility index (Phi) is 5.34. The van der Waals surface area contributed by atoms with Crippen LogP contribution in [-0.2, 0) is 6.61 Å². The Morgan fingerprint density at radius 2 is 2.15 bits per heavy atom. The number of aromatic nitrogens is 2. The van der Waals surface area contributed by atoms with Gasteiger partial charge in [-0.15, -0.1) is 21.5 Å². The van der Waals surface area contributed by atoms with Crippen LogP contribution in [0.1, 0.15) is 30.5 Å². The first-order valence-electron chi connectivity index (χ1n) is 8.87. The number of amides is 2. The molecule has 1 aliphatic rings. The normalized spacial score (nSPS) is 16.9. The number of para-hydroxylation sites is 1. The minimum absolute atomic E-state index is 0.0470. The summed E-state index contributed by atoms with van der Waals surface area (Å²) < 4.78 is 11.4. The van der Waals surface area contributed by atoms with Crippen LogP contribution < -0.4 is 10.1 Å². The summed E-state index contributed by atoms with van der Waals surface area (Å²) in [7, 11) is 0. The van der Waals surface area contributed by atoms with Crippen LogP contribution >= 0.6 is 11.3 Å². The second kappa shape index (κ2) is 8.22. The van der Waals surface area contributed by atoms with Crippen molar-refractivity contribution in [2.75, 3.05) is 18.4 Å². The zero-order valence-electron chi connectivity index (χ0n) is 14.7. The van der Waals surface area contributed by atoms with E-state index in [1.54, 1.807) is 4.90 Å². The maximum Gasteiger partial charge on any atom is 0.322 e. The molecule has 2 aromatic heterocycles. The smallest absolute Gasteiger partial charge is 0.322 e. The third-order valence-electron chi connectivity index (χ3n) is 4.40. The summed E-state index contributed by atoms with van der Waals surface area (Å²) in [6, 6.07) is 13.2. The van der Waals surface area contributed by atoms with Gasteiger partial charge in [0.05, 0.1) is 10.9 Å². The fourth-order valence-corrected chi connectivity index (χ4v) is 3.66. The van der Waals surface area contributed by atoms with Crippen molar-refractivity contribution in [1.29, 1.82) is 0 Å². The van der Waals surface area contributed by atoms with Gasteiger partial charge in [-0.3, -0.25) is 5.32 Å². The monoisotopic (exact) mass is 384 g/mol. The second-order valence-corrected chi connectivity index (χ2v) is 7.28. The number of carbonyl (C=O) groups is 1. The van der Waals surface area contributed by atoms with E-state index in [0.717, 1.165) is 30.1 Å². The molecule has 7 nitrogen and oxygen atoms in total. The summed E-state index contributed by atoms with van der Waals surface area (Å²) >= 11 is 1.51. The number of carbonyl (C=O) groups excluding carboxylic acids is 1. The molecule has 1 aliphatic heterocycles. The Bertz CT molecular complexity index is 866. The van der Waals surface area contributed by atoms with E-state index in [0.29, 0.717) is 18.3 Å². The minimum atomic E-state index is -0.0886. The number of hydrogen-bond donors (Lipinski definition) is 1. The van der Waals surface area contributed by atoms with Gasteiger partial charge in [-0.1, -0.05) is 18.2 Å². The van der Waals surface area contributed by atoms with Crippen molar-refractivity contribution in [3.63, 3.8) is 0 Å². The van der Waals surface area contributed by atoms with Crippen molar-refractivity contribution in [3.05, 3.63) is 59.6 Å². The SMILES string of the molecule is O=C(Nc1cccs1)N1CCCC(c2nnc(COc3ccccc3)o2)C1. The standard InChI is InChI=1S/C19H20N4O3S/c24-19(20-17-9-5-11-27-17)23-10-4-6-14(12-23)18-22-21-16(26-18)13-25-15-7-2-1-3-8-15/h1-3,5,7-9,11,14H,4,6,10,12-13H2,(H,20,24). The number of ether oxygens (including phenoxy) is 1. The van der Waals surface area contributed by atoms with Crippen LogP contribution in [0.2, 0.25) is 0 Å². The fraction of sp³-hybridized carbons (Fsp3) is 0.316. The number of piperidine rings is 1. The lowest BCUT2D eigenvalue weighted by Gasteiger charge is -2.30. The zero-order chi connectivity index (χ0) is 18.5. The third kappa shape index (κ3) is 4.46. The molecule has 0 aliphatic carbocycles. The quantitative estimate of drug-likeness (QED) is 0.716. The number of rotatable bonds is 5. The first-order chi connectivity index (χ1) is 13.3. The molecule has 27 heavy (non-hydrogen) atoms. The molecule has 1 fully saturated rings. The molecule has 140 valence electrons. The lowest BCUT2D eigenvalue weighted by atomic mass is 9.98. The number of anilines is 1. The highest BCUT2D eigenvalue weighted by Crippen LogP contribution is 2.27. The Labute approximate surface area is 161 Å². The molecule has 1 atom stereocenters. The Hall–Kier alpha value is -2.87. The summed E-state index contributed by atoms with van der Waals surface area (Å²) in [4.78, 5) is 14.2. The van der Waals surface area contributed by atoms with Gasteiger partial charge in [-0.2, -0.15) is 0 Å². The Morgan fingerprint density at radius 1 is 1.26 bits per heavy atom. The molecule has 1 N–H and O–H groups in total. The van der Waals surface area contributed by atoms with Gasteiger partial charge in [0, 0.05) is 13.1 Å². The average molecular weight is 384 g/mol. The second-order valence-electron chi connectivity index (χ2n) is 6.33. The van der Waals surface area contributed by atoms with Gasteiger partial charge in [0.15, 0.2) is 6.61 Å². The highest BCUT2D eigenvalue weighted by molar-refractivity contribution is 7.14. The summed E-state index contributed by atoms with van der Waals surface area (Å²) in [5, 5.41) is 14.0. The number of nitrogens with one attached hydrogen (secondary N) is 1. The number of thiophene rings is 1. The number of urea groups is 1. The van der Waals surface area contributed by atoms with Crippen molar-refractivity contribution in [1.82, 2.24) is 15.1 Å². The molecule has 0 saturated carbocycles. The number of benzene rings is 1. The number of hydrogen-bond acceptors (Lipinski definition) is 6. The van der Waals surface area contributed by atoms with Gasteiger partial charge in [-0.05, 0) is 42.5 Å². The molecular weight excluding hydrogens is 364 g/mol. The molecule has 1 aromatic carbocycles. The first-order valence-corrected chi connectivity index (χ1v) is 9.75. The summed E-state index contributed by atoms with van der Waals surface area (Å²) in [6.07, 6.45) is 1.82. The van der Waals surface area contributed by atoms with E-state index in [-0.39, 0.29) is 18.6 Å². The minimum Gasteiger partial charge on any atom is -0.484 e. The molecule has 1 saturated heterocycles. The van der Waals surface area contributed by atoms with Crippen LogP contribution in [0.3, 0.4) is 0 Å². The zero-order valence-corrected chi connectivity index (χ0v) is 15.5. The molecule has 1 unspecified atom stereocenters. The van der Waals surface area contributed by atoms with Gasteiger partial charge in [0.25, 0.3) is 5.89 Å². The summed E-state index contributed by atoms with van der Waals surface area (Å²) in [6.45, 7) is 1.52. The lowest BCUT2D eigenvalue weighted by molar-refractivity contribution is 0.184. The van der Waals surface area contributed by atoms with Crippen LogP contribution in [0.4, 0.5) is 9.80 Å². The maximum atomic E-state index is 12.4. The van der Waals surface area contributed by atoms with E-state index in [1.807, 2.05) is 47.8 Å². The molecule has 0 spiro atoms. The Morgan fingerprint density at radius 3 is 2.96 bits per heavy atom. The lowest BCUT2D eigenvalue weighted by Crippen LogP contribution is -2.41. The number of nitrogens with zero attached hydrogens (tertiary/aromatic N) is 3. The van der Waals surface area contributed by atoms with Crippen molar-refractivity contribution in [2.45, 2.75) is 25.4 Å². The highest BCUT2D eigenvalue weighted by atomic mass is 32.1. The predicted molar refractivity (Wildman–Crippen MR) is 102 cm³/mol. The first kappa shape index (κ1) is 17.5. The van der Waals surface area contributed by atoms with Crippen LogP contribution in [0.15, 0.2) is 52.3 Å². The van der Waals surface area contributed by atoms with Crippen molar-refractivity contribution < 1.29 is 13.9 Å². The largest absolute Gasteiger partial charge is 0.484 e. The summed E-state index contributed by atoms with van der Waals surface area (Å²) in [5.41, 5.74) is 0. The predicted octanol–water partition coefficient (Wildman–Crippen LogP) is 4.12. The fourth-order valence-electron chi connectivity index (χ4n) is 3.05. The molecule has 3 aromatic rings. The Balaban J connectivity index is 1.34. The van der Waals surface area contributed by atoms with E-state index < -0.39 is 0 Å². The van der Waals surface area contributed by atoms with Crippen LogP contribution in [0.5, 0.6) is 5.75 Å². The molecule has 0 radical (unpaired) electrons. The van der Waals surface area contributed by atoms with Gasteiger partial charge in [-0.25, -0.2) is 4.79 Å². The topological polar surface area (TPSA) is 80.5 Å². The van der Waals surface area contributed by atoms with Crippen molar-refractivity contribution in [3.8, 4) is 5.75 Å². The summed E-state index contributed by atoms with van der Waals surface area (Å²) in [5.74, 6) is 1.81. The van der Waals surface area contributed by atoms with Crippen LogP contribution in [0, 0.1) is 0 Å². The van der Waals surface area contributed by atoms with E-state index in [2.05, 4.69) is 15.5 Å². The molecule has 8 heteroatoms. The highest BCUT2D eigenvalue weighted by Gasteiger charge is 2.28. The number of likely N-dealkylation sites (tertiary alicyclic amines) is 1. The van der Waals surface area contributed by atoms with Crippen LogP contribution in [0.25, 0.3) is 0 Å². The molecule has 2 amide bonds. The molecule has 0 bridgehead atoms. The maximum absolute atomic E-state index is 12.4. The molecule has 3 heterocycles. The van der Waals surface area contributed by atoms with Gasteiger partial charge in [0.1, 0.15) is 5.75 Å². The molecule has 4 rings (SSSR count). The average Bonchev–Trinajstić information content (AvgIpc) is 3.39. The van der Waals surface area contributed by atoms with Gasteiger partial charge in [0.2, 0.25) is 5.89 Å². The molecular formula is C19H20N4O3S. The van der Waals surface area contributed by atoms with Crippen molar-refractivity contribution >= 4 is 22.4 Å². The van der Waals surface area contributed by atoms with E-state index in [1.165, 1.54) is 11.3 Å².